The maximum absolute atomic E-state index is 13.0. The average molecular weight is 367 g/mol. The molecule has 0 heterocycles. The third-order valence-electron chi connectivity index (χ3n) is 4.88. The quantitative estimate of drug-likeness (QED) is 0.852. The van der Waals surface area contributed by atoms with Crippen molar-refractivity contribution in [3.05, 3.63) is 64.7 Å². The Morgan fingerprint density at radius 1 is 1.00 bits per heavy atom. The van der Waals surface area contributed by atoms with Crippen LogP contribution in [-0.2, 0) is 9.84 Å². The molecule has 0 saturated heterocycles. The fourth-order valence-electron chi connectivity index (χ4n) is 3.42. The zero-order chi connectivity index (χ0) is 17.5. The third-order valence-corrected chi connectivity index (χ3v) is 7.47. The van der Waals surface area contributed by atoms with Crippen LogP contribution in [-0.4, -0.2) is 37.1 Å². The van der Waals surface area contributed by atoms with Crippen molar-refractivity contribution in [1.82, 2.24) is 0 Å². The van der Waals surface area contributed by atoms with Crippen LogP contribution in [0.2, 0.25) is 5.02 Å². The lowest BCUT2D eigenvalue weighted by atomic mass is 10.0. The van der Waals surface area contributed by atoms with Crippen LogP contribution in [0.25, 0.3) is 0 Å². The Balaban J connectivity index is 2.04. The molecule has 6 heteroatoms. The number of aliphatic hydroxyl groups excluding tert-OH is 2. The lowest BCUT2D eigenvalue weighted by molar-refractivity contribution is 0.130. The van der Waals surface area contributed by atoms with Crippen molar-refractivity contribution in [1.29, 1.82) is 0 Å². The molecule has 128 valence electrons. The molecule has 1 fully saturated rings. The van der Waals surface area contributed by atoms with Gasteiger partial charge in [-0.3, -0.25) is 0 Å². The van der Waals surface area contributed by atoms with Gasteiger partial charge >= 0.3 is 0 Å². The molecule has 0 aliphatic heterocycles. The Hall–Kier alpha value is -1.40. The molecule has 2 aromatic rings. The molecule has 2 aromatic carbocycles. The number of benzene rings is 2. The number of aryl methyl sites for hydroxylation is 1. The molecule has 0 amide bonds. The van der Waals surface area contributed by atoms with E-state index in [0.717, 1.165) is 11.1 Å². The highest BCUT2D eigenvalue weighted by molar-refractivity contribution is 7.92. The highest BCUT2D eigenvalue weighted by Gasteiger charge is 2.70. The highest BCUT2D eigenvalue weighted by atomic mass is 35.5. The smallest absolute Gasteiger partial charge is 0.182 e. The number of aliphatic hydroxyl groups is 2. The first kappa shape index (κ1) is 17.4. The summed E-state index contributed by atoms with van der Waals surface area (Å²) in [5, 5.41) is 19.3. The van der Waals surface area contributed by atoms with Crippen molar-refractivity contribution in [2.45, 2.75) is 23.0 Å². The summed E-state index contributed by atoms with van der Waals surface area (Å²) < 4.78 is 26.1. The minimum atomic E-state index is -3.67. The van der Waals surface area contributed by atoms with Crippen molar-refractivity contribution in [2.24, 2.45) is 5.41 Å². The first-order valence-electron chi connectivity index (χ1n) is 7.64. The van der Waals surface area contributed by atoms with Crippen LogP contribution in [0.3, 0.4) is 0 Å². The van der Waals surface area contributed by atoms with E-state index in [9.17, 15) is 18.6 Å². The van der Waals surface area contributed by atoms with Crippen LogP contribution in [0.15, 0.2) is 53.4 Å². The summed E-state index contributed by atoms with van der Waals surface area (Å²) in [5.41, 5.74) is 0.648. The minimum absolute atomic E-state index is 0.209. The molecule has 0 unspecified atom stereocenters. The fourth-order valence-corrected chi connectivity index (χ4v) is 5.98. The predicted octanol–water partition coefficient (Wildman–Crippen LogP) is 2.56. The van der Waals surface area contributed by atoms with Crippen LogP contribution >= 0.6 is 11.6 Å². The van der Waals surface area contributed by atoms with Gasteiger partial charge in [0.15, 0.2) is 9.84 Å². The van der Waals surface area contributed by atoms with Crippen LogP contribution in [0.1, 0.15) is 17.0 Å². The zero-order valence-electron chi connectivity index (χ0n) is 13.2. The van der Waals surface area contributed by atoms with Gasteiger partial charge in [-0.15, -0.1) is 0 Å². The van der Waals surface area contributed by atoms with Gasteiger partial charge in [0.25, 0.3) is 0 Å². The van der Waals surface area contributed by atoms with E-state index in [1.165, 1.54) is 0 Å². The zero-order valence-corrected chi connectivity index (χ0v) is 14.8. The maximum atomic E-state index is 13.0. The van der Waals surface area contributed by atoms with Gasteiger partial charge in [-0.05, 0) is 36.8 Å². The summed E-state index contributed by atoms with van der Waals surface area (Å²) in [5.74, 6) is -0.462. The van der Waals surface area contributed by atoms with Gasteiger partial charge in [-0.25, -0.2) is 8.42 Å². The number of hydrogen-bond acceptors (Lipinski definition) is 4. The Kier molecular flexibility index (Phi) is 4.47. The summed E-state index contributed by atoms with van der Waals surface area (Å²) in [6.07, 6.45) is 0. The largest absolute Gasteiger partial charge is 0.396 e. The lowest BCUT2D eigenvalue weighted by Gasteiger charge is -2.11. The molecule has 1 saturated carbocycles. The van der Waals surface area contributed by atoms with Crippen molar-refractivity contribution in [3.8, 4) is 0 Å². The standard InChI is InChI=1S/C18H19ClO4S/c1-12-2-8-15(9-3-12)24(22,23)17-16(18(17,10-20)11-21)13-4-6-14(19)7-5-13/h2-9,16-17,20-21H,10-11H2,1H3/t16-,17-/m1/s1. The van der Waals surface area contributed by atoms with E-state index in [1.807, 2.05) is 6.92 Å². The van der Waals surface area contributed by atoms with Crippen molar-refractivity contribution in [3.63, 3.8) is 0 Å². The first-order valence-corrected chi connectivity index (χ1v) is 9.57. The minimum Gasteiger partial charge on any atom is -0.396 e. The van der Waals surface area contributed by atoms with Gasteiger partial charge in [0.2, 0.25) is 0 Å². The highest BCUT2D eigenvalue weighted by Crippen LogP contribution is 2.63. The SMILES string of the molecule is Cc1ccc(S(=O)(=O)[C@@H]2[C@@H](c3ccc(Cl)cc3)C2(CO)CO)cc1. The van der Waals surface area contributed by atoms with E-state index in [-0.39, 0.29) is 4.90 Å². The predicted molar refractivity (Wildman–Crippen MR) is 93.0 cm³/mol. The van der Waals surface area contributed by atoms with E-state index in [1.54, 1.807) is 48.5 Å². The summed E-state index contributed by atoms with van der Waals surface area (Å²) in [7, 11) is -3.67. The fraction of sp³-hybridized carbons (Fsp3) is 0.333. The monoisotopic (exact) mass is 366 g/mol. The third kappa shape index (κ3) is 2.65. The molecule has 24 heavy (non-hydrogen) atoms. The summed E-state index contributed by atoms with van der Waals surface area (Å²) in [6.45, 7) is 1.09. The molecule has 2 atom stereocenters. The molecule has 0 spiro atoms. The molecule has 1 aliphatic carbocycles. The lowest BCUT2D eigenvalue weighted by Crippen LogP contribution is -2.23. The van der Waals surface area contributed by atoms with Crippen LogP contribution in [0.4, 0.5) is 0 Å². The van der Waals surface area contributed by atoms with E-state index in [4.69, 9.17) is 11.6 Å². The molecular weight excluding hydrogens is 348 g/mol. The van der Waals surface area contributed by atoms with E-state index in [0.29, 0.717) is 5.02 Å². The van der Waals surface area contributed by atoms with E-state index in [2.05, 4.69) is 0 Å². The molecule has 2 N–H and O–H groups in total. The number of hydrogen-bond donors (Lipinski definition) is 2. The topological polar surface area (TPSA) is 74.6 Å². The maximum Gasteiger partial charge on any atom is 0.182 e. The van der Waals surface area contributed by atoms with Crippen LogP contribution in [0, 0.1) is 12.3 Å². The molecular formula is C18H19ClO4S. The van der Waals surface area contributed by atoms with Crippen molar-refractivity contribution < 1.29 is 18.6 Å². The van der Waals surface area contributed by atoms with E-state index >= 15 is 0 Å². The van der Waals surface area contributed by atoms with Gasteiger partial charge in [-0.2, -0.15) is 0 Å². The number of halogens is 1. The Morgan fingerprint density at radius 3 is 2.04 bits per heavy atom. The second-order valence-corrected chi connectivity index (χ2v) is 8.86. The molecule has 0 radical (unpaired) electrons. The molecule has 1 aliphatic rings. The summed E-state index contributed by atoms with van der Waals surface area (Å²) in [4.78, 5) is 0.209. The Morgan fingerprint density at radius 2 is 1.54 bits per heavy atom. The van der Waals surface area contributed by atoms with Crippen LogP contribution < -0.4 is 0 Å². The molecule has 4 nitrogen and oxygen atoms in total. The van der Waals surface area contributed by atoms with Crippen molar-refractivity contribution >= 4 is 21.4 Å². The Labute approximate surface area is 146 Å². The van der Waals surface area contributed by atoms with Crippen LogP contribution in [0.5, 0.6) is 0 Å². The average Bonchev–Trinajstić information content (AvgIpc) is 3.26. The van der Waals surface area contributed by atoms with E-state index < -0.39 is 39.6 Å². The molecule has 3 rings (SSSR count). The van der Waals surface area contributed by atoms with Gasteiger partial charge < -0.3 is 10.2 Å². The van der Waals surface area contributed by atoms with Gasteiger partial charge in [0.1, 0.15) is 0 Å². The number of rotatable bonds is 5. The summed E-state index contributed by atoms with van der Waals surface area (Å²) in [6, 6.07) is 13.5. The normalized spacial score (nSPS) is 22.3. The number of sulfone groups is 1. The van der Waals surface area contributed by atoms with Gasteiger partial charge in [0.05, 0.1) is 23.4 Å². The Bertz CT molecular complexity index is 824. The molecule has 0 aromatic heterocycles. The second kappa shape index (κ2) is 6.15. The first-order chi connectivity index (χ1) is 11.4. The molecule has 0 bridgehead atoms. The van der Waals surface area contributed by atoms with Crippen molar-refractivity contribution in [2.75, 3.05) is 13.2 Å². The summed E-state index contributed by atoms with van der Waals surface area (Å²) >= 11 is 5.90. The second-order valence-electron chi connectivity index (χ2n) is 6.36. The van der Waals surface area contributed by atoms with Gasteiger partial charge in [0, 0.05) is 16.4 Å². The van der Waals surface area contributed by atoms with Gasteiger partial charge in [-0.1, -0.05) is 41.4 Å².